The second-order valence-electron chi connectivity index (χ2n) is 7.57. The first-order valence-electron chi connectivity index (χ1n) is 9.58. The quantitative estimate of drug-likeness (QED) is 0.240. The molecule has 8 heteroatoms. The second kappa shape index (κ2) is 9.51. The van der Waals surface area contributed by atoms with Crippen LogP contribution in [0.4, 0.5) is 8.78 Å². The summed E-state index contributed by atoms with van der Waals surface area (Å²) in [5.41, 5.74) is -1.76. The van der Waals surface area contributed by atoms with Gasteiger partial charge in [0.05, 0.1) is 20.2 Å². The lowest BCUT2D eigenvalue weighted by atomic mass is 9.80. The Kier molecular flexibility index (Phi) is 7.78. The normalized spacial score (nSPS) is 20.0. The lowest BCUT2D eigenvalue weighted by Gasteiger charge is -2.32. The minimum atomic E-state index is -2.87. The first-order chi connectivity index (χ1) is 13.2. The van der Waals surface area contributed by atoms with E-state index < -0.39 is 29.8 Å². The standard InChI is InChI=1S/C21H27F2N2O3.HI/c1-16-24(2)12-13-25(16)11-6-14-28-19(26)21(27,17-7-4-3-5-8-17)18-9-10-20(22,23)15-18;/h3-5,7-8,12-13,18,27H,6,9-11,14-15H2,1-2H3;1H/q+1;/p-1/t18-,21+;/m1./s1. The number of alkyl halides is 2. The molecule has 2 aromatic rings. The summed E-state index contributed by atoms with van der Waals surface area (Å²) in [5.74, 6) is -3.52. The van der Waals surface area contributed by atoms with Gasteiger partial charge in [-0.3, -0.25) is 0 Å². The average Bonchev–Trinajstić information content (AvgIpc) is 3.21. The molecule has 0 bridgehead atoms. The zero-order valence-corrected chi connectivity index (χ0v) is 18.8. The lowest BCUT2D eigenvalue weighted by Crippen LogP contribution is -3.00. The zero-order valence-electron chi connectivity index (χ0n) is 16.7. The number of aromatic nitrogens is 2. The summed E-state index contributed by atoms with van der Waals surface area (Å²) >= 11 is 0. The molecule has 0 saturated heterocycles. The minimum absolute atomic E-state index is 0. The smallest absolute Gasteiger partial charge is 0.343 e. The summed E-state index contributed by atoms with van der Waals surface area (Å²) in [6.45, 7) is 2.75. The van der Waals surface area contributed by atoms with Crippen LogP contribution in [0.15, 0.2) is 42.7 Å². The van der Waals surface area contributed by atoms with E-state index in [9.17, 15) is 18.7 Å². The van der Waals surface area contributed by atoms with E-state index in [2.05, 4.69) is 0 Å². The highest BCUT2D eigenvalue weighted by Crippen LogP contribution is 2.47. The van der Waals surface area contributed by atoms with Crippen molar-refractivity contribution in [2.75, 3.05) is 6.61 Å². The van der Waals surface area contributed by atoms with Gasteiger partial charge in [0.15, 0.2) is 5.60 Å². The van der Waals surface area contributed by atoms with Gasteiger partial charge in [0.2, 0.25) is 5.92 Å². The van der Waals surface area contributed by atoms with E-state index in [4.69, 9.17) is 4.74 Å². The Morgan fingerprint density at radius 2 is 2.07 bits per heavy atom. The Hall–Kier alpha value is -1.55. The van der Waals surface area contributed by atoms with Gasteiger partial charge in [0.25, 0.3) is 5.82 Å². The molecule has 1 N–H and O–H groups in total. The highest BCUT2D eigenvalue weighted by Gasteiger charge is 2.54. The number of aliphatic hydroxyl groups is 1. The van der Waals surface area contributed by atoms with Crippen molar-refractivity contribution in [1.29, 1.82) is 0 Å². The molecule has 29 heavy (non-hydrogen) atoms. The first-order valence-corrected chi connectivity index (χ1v) is 9.58. The van der Waals surface area contributed by atoms with Gasteiger partial charge in [-0.25, -0.2) is 22.7 Å². The van der Waals surface area contributed by atoms with Gasteiger partial charge in [0, 0.05) is 32.1 Å². The summed E-state index contributed by atoms with van der Waals surface area (Å²) in [5, 5.41) is 11.2. The van der Waals surface area contributed by atoms with Gasteiger partial charge in [-0.1, -0.05) is 30.3 Å². The Morgan fingerprint density at radius 1 is 1.38 bits per heavy atom. The monoisotopic (exact) mass is 520 g/mol. The maximum Gasteiger partial charge on any atom is 0.343 e. The van der Waals surface area contributed by atoms with Gasteiger partial charge in [-0.15, -0.1) is 0 Å². The molecule has 0 amide bonds. The molecule has 1 aromatic carbocycles. The van der Waals surface area contributed by atoms with Crippen molar-refractivity contribution in [3.63, 3.8) is 0 Å². The number of benzene rings is 1. The van der Waals surface area contributed by atoms with Crippen LogP contribution in [-0.4, -0.2) is 28.2 Å². The van der Waals surface area contributed by atoms with Crippen molar-refractivity contribution in [3.8, 4) is 0 Å². The molecule has 0 radical (unpaired) electrons. The highest BCUT2D eigenvalue weighted by atomic mass is 127. The van der Waals surface area contributed by atoms with E-state index in [0.717, 1.165) is 5.82 Å². The van der Waals surface area contributed by atoms with Crippen LogP contribution in [0.5, 0.6) is 0 Å². The van der Waals surface area contributed by atoms with Gasteiger partial charge in [0.1, 0.15) is 12.4 Å². The van der Waals surface area contributed by atoms with Crippen LogP contribution in [0.2, 0.25) is 0 Å². The second-order valence-corrected chi connectivity index (χ2v) is 7.57. The van der Waals surface area contributed by atoms with Crippen molar-refractivity contribution >= 4 is 5.97 Å². The number of rotatable bonds is 7. The third-order valence-corrected chi connectivity index (χ3v) is 5.69. The Labute approximate surface area is 186 Å². The summed E-state index contributed by atoms with van der Waals surface area (Å²) in [6.07, 6.45) is 3.67. The lowest BCUT2D eigenvalue weighted by molar-refractivity contribution is -0.677. The number of imidazole rings is 1. The fraction of sp³-hybridized carbons (Fsp3) is 0.524. The largest absolute Gasteiger partial charge is 1.00 e. The molecule has 0 aliphatic heterocycles. The van der Waals surface area contributed by atoms with Crippen LogP contribution in [0.1, 0.15) is 37.1 Å². The summed E-state index contributed by atoms with van der Waals surface area (Å²) in [7, 11) is 1.95. The molecule has 1 aliphatic rings. The van der Waals surface area contributed by atoms with Crippen molar-refractivity contribution in [3.05, 3.63) is 54.1 Å². The SMILES string of the molecule is Cc1n(CCCOC(=O)[C@](O)(c2ccccc2)[C@@H]2CCC(F)(F)C2)cc[n+]1C.[I-]. The number of carbonyl (C=O) groups is 1. The van der Waals surface area contributed by atoms with E-state index in [1.165, 1.54) is 0 Å². The van der Waals surface area contributed by atoms with E-state index in [1.807, 2.05) is 35.5 Å². The van der Waals surface area contributed by atoms with Crippen LogP contribution < -0.4 is 28.5 Å². The van der Waals surface area contributed by atoms with Gasteiger partial charge in [-0.2, -0.15) is 0 Å². The Bertz CT molecular complexity index is 829. The van der Waals surface area contributed by atoms with Crippen LogP contribution in [0.25, 0.3) is 0 Å². The first kappa shape index (κ1) is 23.7. The number of aryl methyl sites for hydroxylation is 2. The van der Waals surface area contributed by atoms with E-state index >= 15 is 0 Å². The molecular formula is C21H27F2IN2O3. The van der Waals surface area contributed by atoms with Crippen LogP contribution >= 0.6 is 0 Å². The predicted octanol–water partition coefficient (Wildman–Crippen LogP) is -0.118. The van der Waals surface area contributed by atoms with Gasteiger partial charge in [-0.05, 0) is 12.0 Å². The van der Waals surface area contributed by atoms with Crippen molar-refractivity contribution in [2.24, 2.45) is 13.0 Å². The fourth-order valence-electron chi connectivity index (χ4n) is 3.86. The molecule has 3 rings (SSSR count). The number of halogens is 3. The van der Waals surface area contributed by atoms with Crippen LogP contribution in [-0.2, 0) is 28.7 Å². The zero-order chi connectivity index (χ0) is 20.4. The number of hydrogen-bond donors (Lipinski definition) is 1. The number of nitrogens with zero attached hydrogens (tertiary/aromatic N) is 2. The van der Waals surface area contributed by atoms with E-state index in [-0.39, 0.29) is 43.4 Å². The minimum Gasteiger partial charge on any atom is -1.00 e. The maximum atomic E-state index is 13.8. The Balaban J connectivity index is 0.00000300. The van der Waals surface area contributed by atoms with Crippen LogP contribution in [0, 0.1) is 12.8 Å². The molecule has 1 saturated carbocycles. The summed E-state index contributed by atoms with van der Waals surface area (Å²) < 4.78 is 36.9. The van der Waals surface area contributed by atoms with Crippen molar-refractivity contribution < 1.29 is 52.0 Å². The van der Waals surface area contributed by atoms with E-state index in [0.29, 0.717) is 18.5 Å². The molecule has 5 nitrogen and oxygen atoms in total. The number of hydrogen-bond acceptors (Lipinski definition) is 3. The number of esters is 1. The maximum absolute atomic E-state index is 13.8. The topological polar surface area (TPSA) is 55.3 Å². The van der Waals surface area contributed by atoms with Gasteiger partial charge < -0.3 is 33.8 Å². The summed E-state index contributed by atoms with van der Waals surface area (Å²) in [4.78, 5) is 12.8. The number of carbonyl (C=O) groups excluding carboxylic acids is 1. The summed E-state index contributed by atoms with van der Waals surface area (Å²) in [6, 6.07) is 8.27. The molecule has 1 aliphatic carbocycles. The average molecular weight is 520 g/mol. The third-order valence-electron chi connectivity index (χ3n) is 5.69. The molecule has 160 valence electrons. The molecular weight excluding hydrogens is 493 g/mol. The molecule has 1 fully saturated rings. The highest BCUT2D eigenvalue weighted by molar-refractivity contribution is 5.81. The van der Waals surface area contributed by atoms with Gasteiger partial charge >= 0.3 is 5.97 Å². The predicted molar refractivity (Wildman–Crippen MR) is 98.5 cm³/mol. The van der Waals surface area contributed by atoms with Crippen LogP contribution in [0.3, 0.4) is 0 Å². The van der Waals surface area contributed by atoms with Crippen molar-refractivity contribution in [1.82, 2.24) is 4.57 Å². The molecule has 1 aromatic heterocycles. The number of ether oxygens (including phenoxy) is 1. The van der Waals surface area contributed by atoms with E-state index in [1.54, 1.807) is 30.3 Å². The fourth-order valence-corrected chi connectivity index (χ4v) is 3.86. The third kappa shape index (κ3) is 5.14. The molecule has 1 heterocycles. The molecule has 0 spiro atoms. The Morgan fingerprint density at radius 3 is 2.62 bits per heavy atom. The molecule has 2 atom stereocenters. The molecule has 0 unspecified atom stereocenters. The van der Waals surface area contributed by atoms with Crippen molar-refractivity contribution in [2.45, 2.75) is 50.7 Å².